The van der Waals surface area contributed by atoms with E-state index in [1.807, 2.05) is 0 Å². The Bertz CT molecular complexity index is 2840. The summed E-state index contributed by atoms with van der Waals surface area (Å²) in [6.45, 7) is -6.13. The van der Waals surface area contributed by atoms with Gasteiger partial charge in [-0.15, -0.1) is 0 Å². The number of amides is 2. The molecular weight excluding hydrogens is 949 g/mol. The van der Waals surface area contributed by atoms with Crippen LogP contribution in [0.3, 0.4) is 0 Å². The molecule has 67 heavy (non-hydrogen) atoms. The number of aromatic amines is 1. The summed E-state index contributed by atoms with van der Waals surface area (Å²) in [4.78, 5) is 62.4. The van der Waals surface area contributed by atoms with Gasteiger partial charge >= 0.3 is 6.80 Å². The number of nitrogens with zero attached hydrogens (tertiary/aromatic N) is 10. The maximum absolute atomic E-state index is 16.8. The lowest BCUT2D eigenvalue weighted by Gasteiger charge is -2.35. The summed E-state index contributed by atoms with van der Waals surface area (Å²) in [5.74, 6) is -1.22. The molecular formula is C35H40BF2N15O11P2S-. The average Bonchev–Trinajstić information content (AvgIpc) is 4.06. The Morgan fingerprint density at radius 3 is 2.31 bits per heavy atom. The van der Waals surface area contributed by atoms with Crippen LogP contribution in [0.2, 0.25) is 0 Å². The SMILES string of the molecule is [B-]P1(=O)OC[C@H]2O[C@@H](n3cnc4c(N)ncnc43)[C@H](F)[C@@H]2O[P@@](=O)(SCc2ccc(NC(=O)CNC(=O)CCCCCN=[N+]=[N-])cc2)OC[C@H]2O[C@@H](n3cnc4c(=O)[nH]c(N)nc43)[C@H](F)[C@@H]2O1. The van der Waals surface area contributed by atoms with Crippen LogP contribution in [0, 0.1) is 0 Å². The van der Waals surface area contributed by atoms with Crippen molar-refractivity contribution in [3.63, 3.8) is 0 Å². The van der Waals surface area contributed by atoms with Crippen molar-refractivity contribution in [2.75, 3.05) is 43.1 Å². The fourth-order valence-corrected chi connectivity index (χ4v) is 11.7. The zero-order valence-electron chi connectivity index (χ0n) is 34.8. The first-order chi connectivity index (χ1) is 32.1. The van der Waals surface area contributed by atoms with Crippen molar-refractivity contribution in [3.05, 3.63) is 69.6 Å². The molecule has 3 saturated heterocycles. The lowest BCUT2D eigenvalue weighted by Crippen LogP contribution is -2.37. The number of ether oxygens (including phenoxy) is 2. The maximum Gasteiger partial charge on any atom is 0.389 e. The number of fused-ring (bicyclic) bond motifs is 4. The van der Waals surface area contributed by atoms with E-state index in [0.717, 1.165) is 17.2 Å². The van der Waals surface area contributed by atoms with E-state index in [0.29, 0.717) is 48.4 Å². The van der Waals surface area contributed by atoms with Crippen LogP contribution in [0.5, 0.6) is 0 Å². The van der Waals surface area contributed by atoms with Crippen LogP contribution >= 0.6 is 25.7 Å². The molecule has 3 radical (unpaired) electrons. The molecule has 3 aliphatic rings. The number of nitrogens with one attached hydrogen (secondary N) is 3. The molecule has 0 bridgehead atoms. The second-order valence-corrected chi connectivity index (χ2v) is 20.7. The summed E-state index contributed by atoms with van der Waals surface area (Å²) in [7, 11) is 1.22. The molecule has 2 amide bonds. The molecule has 0 spiro atoms. The minimum atomic E-state index is -4.76. The molecule has 8 rings (SSSR count). The lowest BCUT2D eigenvalue weighted by molar-refractivity contribution is -0.124. The fourth-order valence-electron chi connectivity index (χ4n) is 7.33. The Balaban J connectivity index is 1.00. The van der Waals surface area contributed by atoms with Crippen LogP contribution in [0.25, 0.3) is 32.8 Å². The summed E-state index contributed by atoms with van der Waals surface area (Å²) < 4.78 is 99.3. The molecule has 1 aromatic carbocycles. The largest absolute Gasteiger partial charge is 0.444 e. The molecule has 32 heteroatoms. The Hall–Kier alpha value is -5.54. The van der Waals surface area contributed by atoms with Crippen LogP contribution in [0.4, 0.5) is 26.2 Å². The highest BCUT2D eigenvalue weighted by molar-refractivity contribution is 8.54. The highest BCUT2D eigenvalue weighted by Crippen LogP contribution is 2.65. The molecule has 26 nitrogen and oxygen atoms in total. The van der Waals surface area contributed by atoms with Crippen LogP contribution < -0.4 is 27.7 Å². The van der Waals surface area contributed by atoms with E-state index in [1.165, 1.54) is 10.9 Å². The molecule has 10 atom stereocenters. The van der Waals surface area contributed by atoms with Crippen LogP contribution in [0.1, 0.15) is 43.7 Å². The van der Waals surface area contributed by atoms with Crippen LogP contribution in [0.15, 0.2) is 53.2 Å². The summed E-state index contributed by atoms with van der Waals surface area (Å²) in [6, 6.07) is 6.31. The van der Waals surface area contributed by atoms with Gasteiger partial charge in [0.25, 0.3) is 5.56 Å². The fraction of sp³-hybridized carbons (Fsp3) is 0.486. The summed E-state index contributed by atoms with van der Waals surface area (Å²) >= 11 is 0.628. The van der Waals surface area contributed by atoms with Gasteiger partial charge in [-0.2, -0.15) is 4.98 Å². The van der Waals surface area contributed by atoms with Gasteiger partial charge in [-0.1, -0.05) is 23.7 Å². The number of carbonyl (C=O) groups excluding carboxylic acids is 2. The van der Waals surface area contributed by atoms with Crippen molar-refractivity contribution in [2.24, 2.45) is 5.11 Å². The Labute approximate surface area is 381 Å². The zero-order valence-corrected chi connectivity index (χ0v) is 37.4. The van der Waals surface area contributed by atoms with Crippen molar-refractivity contribution in [1.29, 1.82) is 0 Å². The van der Waals surface area contributed by atoms with Gasteiger partial charge in [0, 0.05) is 29.3 Å². The van der Waals surface area contributed by atoms with Crippen molar-refractivity contribution in [1.82, 2.24) is 44.4 Å². The molecule has 7 N–H and O–H groups in total. The second kappa shape index (κ2) is 20.4. The minimum Gasteiger partial charge on any atom is -0.444 e. The topological polar surface area (TPSA) is 356 Å². The van der Waals surface area contributed by atoms with Gasteiger partial charge in [-0.25, -0.2) is 33.3 Å². The molecule has 0 saturated carbocycles. The predicted molar refractivity (Wildman–Crippen MR) is 234 cm³/mol. The number of aromatic nitrogens is 8. The normalized spacial score (nSPS) is 28.8. The van der Waals surface area contributed by atoms with Crippen molar-refractivity contribution >= 4 is 84.8 Å². The number of azide groups is 1. The molecule has 3 fully saturated rings. The minimum absolute atomic E-state index is 0.00179. The van der Waals surface area contributed by atoms with Gasteiger partial charge in [-0.05, 0) is 47.5 Å². The van der Waals surface area contributed by atoms with Crippen molar-refractivity contribution in [2.45, 2.75) is 80.7 Å². The average molecular weight is 990 g/mol. The number of carbonyl (C=O) groups is 2. The van der Waals surface area contributed by atoms with Gasteiger partial charge < -0.3 is 52.8 Å². The number of unbranched alkanes of at least 4 members (excludes halogenated alkanes) is 2. The number of benzene rings is 1. The van der Waals surface area contributed by atoms with E-state index in [4.69, 9.17) is 52.1 Å². The van der Waals surface area contributed by atoms with Gasteiger partial charge in [0.2, 0.25) is 17.8 Å². The number of rotatable bonds is 14. The molecule has 5 aromatic rings. The Morgan fingerprint density at radius 2 is 1.60 bits per heavy atom. The van der Waals surface area contributed by atoms with E-state index < -0.39 is 88.2 Å². The zero-order chi connectivity index (χ0) is 47.5. The number of halogens is 2. The van der Waals surface area contributed by atoms with E-state index in [9.17, 15) is 23.5 Å². The van der Waals surface area contributed by atoms with E-state index in [2.05, 4.69) is 50.6 Å². The number of nitrogen functional groups attached to an aromatic ring is 2. The van der Waals surface area contributed by atoms with E-state index in [1.54, 1.807) is 24.3 Å². The first-order valence-electron chi connectivity index (χ1n) is 20.3. The van der Waals surface area contributed by atoms with Gasteiger partial charge in [0.1, 0.15) is 36.3 Å². The number of hydrogen-bond donors (Lipinski definition) is 5. The van der Waals surface area contributed by atoms with Crippen LogP contribution in [-0.4, -0.2) is 121 Å². The van der Waals surface area contributed by atoms with Gasteiger partial charge in [-0.3, -0.25) is 37.5 Å². The number of anilines is 3. The van der Waals surface area contributed by atoms with E-state index in [-0.39, 0.29) is 58.7 Å². The third kappa shape index (κ3) is 10.9. The monoisotopic (exact) mass is 989 g/mol. The number of H-pyrrole nitrogens is 1. The van der Waals surface area contributed by atoms with E-state index >= 15 is 8.78 Å². The van der Waals surface area contributed by atoms with Gasteiger partial charge in [0.15, 0.2) is 47.4 Å². The van der Waals surface area contributed by atoms with Gasteiger partial charge in [0.05, 0.1) is 39.9 Å². The second-order valence-electron chi connectivity index (χ2n) is 15.2. The highest BCUT2D eigenvalue weighted by atomic mass is 32.7. The summed E-state index contributed by atoms with van der Waals surface area (Å²) in [6.07, 6.45) is -8.79. The molecule has 1 unspecified atom stereocenters. The Kier molecular flexibility index (Phi) is 14.6. The molecule has 3 aliphatic heterocycles. The smallest absolute Gasteiger partial charge is 0.389 e. The van der Waals surface area contributed by atoms with Crippen molar-refractivity contribution in [3.8, 4) is 0 Å². The predicted octanol–water partition coefficient (Wildman–Crippen LogP) is 3.66. The molecule has 0 aliphatic carbocycles. The first kappa shape index (κ1) is 47.9. The van der Waals surface area contributed by atoms with Crippen molar-refractivity contribution < 1.29 is 55.1 Å². The number of imidazole rings is 2. The summed E-state index contributed by atoms with van der Waals surface area (Å²) in [5.41, 5.74) is 20.0. The highest BCUT2D eigenvalue weighted by Gasteiger charge is 2.54. The third-order valence-corrected chi connectivity index (χ3v) is 15.3. The molecule has 7 heterocycles. The number of hydrogen-bond acceptors (Lipinski definition) is 20. The maximum atomic E-state index is 16.8. The van der Waals surface area contributed by atoms with Crippen LogP contribution in [-0.2, 0) is 52.0 Å². The first-order valence-corrected chi connectivity index (χ1v) is 25.1. The number of nitrogens with two attached hydrogens (primary N) is 2. The molecule has 4 aromatic heterocycles. The molecule has 355 valence electrons. The standard InChI is InChI=1S/C35H40BF2N15O11P2S/c36-65(57)59-11-19-28(24(38)33(61-19)52-15-45-25-29(39)43-14-44-30(25)52)64-66(58,60-12-20-27(63-65)23(37)34(62-20)53-16-46-26-31(53)49-35(40)50-32(26)56)67-13-17-5-7-18(8-6-17)48-22(55)10-42-21(54)4-2-1-3-9-47-51-41/h5-8,14-16,19-20,23-24,27-28,33-34H,1-4,9-13H2,(H,42,54)(H,48,55)(H2,39,43,44)(H3,40,49,50,56)/q-1/t19-,20-,23-,24-,27-,28-,33-,34-,65?,66+/m1/s1. The third-order valence-electron chi connectivity index (χ3n) is 10.6. The quantitative estimate of drug-likeness (QED) is 0.0265. The number of alkyl halides is 2. The lowest BCUT2D eigenvalue weighted by atomic mass is 10.1. The summed E-state index contributed by atoms with van der Waals surface area (Å²) in [5, 5.41) is 8.66. The Morgan fingerprint density at radius 1 is 0.925 bits per heavy atom.